The molecule has 0 heterocycles. The molecule has 2 atom stereocenters. The molecule has 0 bridgehead atoms. The van der Waals surface area contributed by atoms with Gasteiger partial charge in [0.15, 0.2) is 0 Å². The van der Waals surface area contributed by atoms with Gasteiger partial charge < -0.3 is 5.32 Å². The van der Waals surface area contributed by atoms with Crippen molar-refractivity contribution in [2.24, 2.45) is 11.3 Å². The molecule has 1 aromatic rings. The summed E-state index contributed by atoms with van der Waals surface area (Å²) >= 11 is 6.18. The van der Waals surface area contributed by atoms with Crippen LogP contribution in [-0.4, -0.2) is 11.8 Å². The summed E-state index contributed by atoms with van der Waals surface area (Å²) < 4.78 is 0. The third kappa shape index (κ3) is 3.60. The molecular weight excluding hydrogens is 282 g/mol. The lowest BCUT2D eigenvalue weighted by atomic mass is 9.68. The smallest absolute Gasteiger partial charge is 0.224 e. The van der Waals surface area contributed by atoms with Gasteiger partial charge in [-0.3, -0.25) is 4.79 Å². The van der Waals surface area contributed by atoms with E-state index >= 15 is 0 Å². The second-order valence-corrected chi connectivity index (χ2v) is 7.38. The lowest BCUT2D eigenvalue weighted by Crippen LogP contribution is -2.50. The number of hydrogen-bond donors (Lipinski definition) is 1. The number of amides is 1. The summed E-state index contributed by atoms with van der Waals surface area (Å²) in [5, 5.41) is 3.21. The molecule has 2 nitrogen and oxygen atoms in total. The SMILES string of the molecule is CC(CCl)(NC(=O)C1CCCCC1(C)C)c1ccccc1. The highest BCUT2D eigenvalue weighted by molar-refractivity contribution is 6.18. The van der Waals surface area contributed by atoms with Gasteiger partial charge >= 0.3 is 0 Å². The van der Waals surface area contributed by atoms with Crippen LogP contribution in [0.3, 0.4) is 0 Å². The van der Waals surface area contributed by atoms with Gasteiger partial charge in [0.25, 0.3) is 0 Å². The number of halogens is 1. The lowest BCUT2D eigenvalue weighted by Gasteiger charge is -2.40. The summed E-state index contributed by atoms with van der Waals surface area (Å²) in [5.74, 6) is 0.597. The standard InChI is InChI=1S/C18H26ClNO/c1-17(2)12-8-7-11-15(17)16(21)20-18(3,13-19)14-9-5-4-6-10-14/h4-6,9-10,15H,7-8,11-13H2,1-3H3,(H,20,21). The zero-order valence-corrected chi connectivity index (χ0v) is 14.0. The second-order valence-electron chi connectivity index (χ2n) is 7.11. The number of alkyl halides is 1. The number of rotatable bonds is 4. The first-order valence-corrected chi connectivity index (χ1v) is 8.36. The largest absolute Gasteiger partial charge is 0.345 e. The minimum Gasteiger partial charge on any atom is -0.345 e. The molecule has 1 amide bonds. The molecule has 1 fully saturated rings. The Morgan fingerprint density at radius 2 is 2.00 bits per heavy atom. The highest BCUT2D eigenvalue weighted by Crippen LogP contribution is 2.41. The molecule has 2 rings (SSSR count). The van der Waals surface area contributed by atoms with Crippen LogP contribution < -0.4 is 5.32 Å². The quantitative estimate of drug-likeness (QED) is 0.817. The summed E-state index contributed by atoms with van der Waals surface area (Å²) in [7, 11) is 0. The topological polar surface area (TPSA) is 29.1 Å². The first-order chi connectivity index (χ1) is 9.89. The van der Waals surface area contributed by atoms with E-state index in [1.807, 2.05) is 37.3 Å². The molecular formula is C18H26ClNO. The Balaban J connectivity index is 2.16. The van der Waals surface area contributed by atoms with Gasteiger partial charge in [-0.05, 0) is 30.7 Å². The van der Waals surface area contributed by atoms with Crippen molar-refractivity contribution in [3.05, 3.63) is 35.9 Å². The van der Waals surface area contributed by atoms with E-state index in [0.717, 1.165) is 24.8 Å². The van der Waals surface area contributed by atoms with Crippen molar-refractivity contribution in [2.75, 3.05) is 5.88 Å². The third-order valence-electron chi connectivity index (χ3n) is 4.90. The van der Waals surface area contributed by atoms with Crippen molar-refractivity contribution in [1.82, 2.24) is 5.32 Å². The number of carbonyl (C=O) groups excluding carboxylic acids is 1. The molecule has 1 aliphatic rings. The van der Waals surface area contributed by atoms with Gasteiger partial charge in [-0.15, -0.1) is 11.6 Å². The predicted octanol–water partition coefficient (Wildman–Crippen LogP) is 4.47. The zero-order valence-electron chi connectivity index (χ0n) is 13.3. The van der Waals surface area contributed by atoms with Crippen LogP contribution in [0.2, 0.25) is 0 Å². The van der Waals surface area contributed by atoms with Gasteiger partial charge in [0.2, 0.25) is 5.91 Å². The van der Waals surface area contributed by atoms with Crippen LogP contribution in [0.5, 0.6) is 0 Å². The Kier molecular flexibility index (Phi) is 4.98. The molecule has 21 heavy (non-hydrogen) atoms. The Labute approximate surface area is 133 Å². The van der Waals surface area contributed by atoms with Gasteiger partial charge in [-0.1, -0.05) is 57.0 Å². The van der Waals surface area contributed by atoms with E-state index in [2.05, 4.69) is 19.2 Å². The van der Waals surface area contributed by atoms with Gasteiger partial charge in [0, 0.05) is 11.8 Å². The Morgan fingerprint density at radius 3 is 2.57 bits per heavy atom. The van der Waals surface area contributed by atoms with E-state index in [1.165, 1.54) is 6.42 Å². The van der Waals surface area contributed by atoms with Crippen molar-refractivity contribution in [3.8, 4) is 0 Å². The maximum Gasteiger partial charge on any atom is 0.224 e. The molecule has 0 aliphatic heterocycles. The van der Waals surface area contributed by atoms with Crippen LogP contribution in [0, 0.1) is 11.3 Å². The number of hydrogen-bond acceptors (Lipinski definition) is 1. The van der Waals surface area contributed by atoms with Gasteiger partial charge in [0.1, 0.15) is 0 Å². The minimum absolute atomic E-state index is 0.0756. The lowest BCUT2D eigenvalue weighted by molar-refractivity contribution is -0.132. The number of nitrogens with one attached hydrogen (secondary N) is 1. The molecule has 1 N–H and O–H groups in total. The highest BCUT2D eigenvalue weighted by Gasteiger charge is 2.39. The Hall–Kier alpha value is -1.02. The second kappa shape index (κ2) is 6.39. The summed E-state index contributed by atoms with van der Waals surface area (Å²) in [6, 6.07) is 9.99. The van der Waals surface area contributed by atoms with Crippen LogP contribution in [0.25, 0.3) is 0 Å². The number of carbonyl (C=O) groups is 1. The van der Waals surface area contributed by atoms with Gasteiger partial charge in [-0.2, -0.15) is 0 Å². The van der Waals surface area contributed by atoms with Gasteiger partial charge in [0.05, 0.1) is 5.54 Å². The summed E-state index contributed by atoms with van der Waals surface area (Å²) in [5.41, 5.74) is 0.626. The molecule has 1 aliphatic carbocycles. The Bertz CT molecular complexity index is 485. The summed E-state index contributed by atoms with van der Waals surface area (Å²) in [6.07, 6.45) is 4.46. The van der Waals surface area contributed by atoms with Crippen LogP contribution in [0.1, 0.15) is 52.0 Å². The van der Waals surface area contributed by atoms with Crippen LogP contribution in [0.4, 0.5) is 0 Å². The van der Waals surface area contributed by atoms with E-state index in [1.54, 1.807) is 0 Å². The van der Waals surface area contributed by atoms with Crippen molar-refractivity contribution >= 4 is 17.5 Å². The molecule has 116 valence electrons. The van der Waals surface area contributed by atoms with Crippen molar-refractivity contribution in [1.29, 1.82) is 0 Å². The average Bonchev–Trinajstić information content (AvgIpc) is 2.47. The molecule has 0 radical (unpaired) electrons. The third-order valence-corrected chi connectivity index (χ3v) is 5.44. The average molecular weight is 308 g/mol. The van der Waals surface area contributed by atoms with Crippen LogP contribution in [0.15, 0.2) is 30.3 Å². The molecule has 1 saturated carbocycles. The maximum absolute atomic E-state index is 12.8. The zero-order chi connectivity index (χ0) is 15.5. The van der Waals surface area contributed by atoms with E-state index in [9.17, 15) is 4.79 Å². The Morgan fingerprint density at radius 1 is 1.33 bits per heavy atom. The molecule has 2 unspecified atom stereocenters. The normalized spacial score (nSPS) is 24.1. The minimum atomic E-state index is -0.507. The fraction of sp³-hybridized carbons (Fsp3) is 0.611. The first kappa shape index (κ1) is 16.4. The summed E-state index contributed by atoms with van der Waals surface area (Å²) in [6.45, 7) is 6.41. The van der Waals surface area contributed by atoms with E-state index in [0.29, 0.717) is 5.88 Å². The molecule has 0 aromatic heterocycles. The van der Waals surface area contributed by atoms with E-state index < -0.39 is 5.54 Å². The monoisotopic (exact) mass is 307 g/mol. The van der Waals surface area contributed by atoms with Crippen molar-refractivity contribution in [2.45, 2.75) is 52.0 Å². The first-order valence-electron chi connectivity index (χ1n) is 7.82. The van der Waals surface area contributed by atoms with E-state index in [4.69, 9.17) is 11.6 Å². The van der Waals surface area contributed by atoms with Gasteiger partial charge in [-0.25, -0.2) is 0 Å². The fourth-order valence-corrected chi connectivity index (χ4v) is 3.55. The predicted molar refractivity (Wildman–Crippen MR) is 88.4 cm³/mol. The molecule has 1 aromatic carbocycles. The maximum atomic E-state index is 12.8. The molecule has 0 spiro atoms. The fourth-order valence-electron chi connectivity index (χ4n) is 3.33. The van der Waals surface area contributed by atoms with Crippen LogP contribution >= 0.6 is 11.6 Å². The summed E-state index contributed by atoms with van der Waals surface area (Å²) in [4.78, 5) is 12.8. The highest BCUT2D eigenvalue weighted by atomic mass is 35.5. The van der Waals surface area contributed by atoms with Crippen LogP contribution in [-0.2, 0) is 10.3 Å². The van der Waals surface area contributed by atoms with Crippen molar-refractivity contribution < 1.29 is 4.79 Å². The number of benzene rings is 1. The molecule has 0 saturated heterocycles. The molecule has 3 heteroatoms. The van der Waals surface area contributed by atoms with Crippen molar-refractivity contribution in [3.63, 3.8) is 0 Å². The van der Waals surface area contributed by atoms with E-state index in [-0.39, 0.29) is 17.2 Å².